The van der Waals surface area contributed by atoms with Crippen molar-refractivity contribution in [3.63, 3.8) is 0 Å². The molecule has 1 aliphatic heterocycles. The second-order valence-corrected chi connectivity index (χ2v) is 4.95. The van der Waals surface area contributed by atoms with Gasteiger partial charge in [0.2, 0.25) is 0 Å². The van der Waals surface area contributed by atoms with Crippen LogP contribution in [0.2, 0.25) is 0 Å². The molecular weight excluding hydrogens is 259 g/mol. The Bertz CT molecular complexity index is 552. The third-order valence-electron chi connectivity index (χ3n) is 3.22. The van der Waals surface area contributed by atoms with E-state index in [1.54, 1.807) is 18.2 Å². The van der Waals surface area contributed by atoms with Gasteiger partial charge in [-0.1, -0.05) is 12.6 Å². The van der Waals surface area contributed by atoms with Crippen molar-refractivity contribution in [1.29, 1.82) is 0 Å². The first-order valence-corrected chi connectivity index (χ1v) is 6.19. The molecule has 1 aliphatic rings. The molecule has 1 aromatic carbocycles. The third-order valence-corrected chi connectivity index (χ3v) is 3.22. The van der Waals surface area contributed by atoms with Gasteiger partial charge in [-0.3, -0.25) is 0 Å². The van der Waals surface area contributed by atoms with Crippen LogP contribution in [0.25, 0.3) is 0 Å². The van der Waals surface area contributed by atoms with Crippen molar-refractivity contribution in [3.05, 3.63) is 36.1 Å². The molecule has 106 valence electrons. The minimum absolute atomic E-state index is 0.329. The molecule has 6 heteroatoms. The number of esters is 1. The van der Waals surface area contributed by atoms with Crippen molar-refractivity contribution in [2.45, 2.75) is 19.4 Å². The summed E-state index contributed by atoms with van der Waals surface area (Å²) in [5.74, 6) is 0.523. The average Bonchev–Trinajstić information content (AvgIpc) is 2.71. The van der Waals surface area contributed by atoms with E-state index in [1.165, 1.54) is 14.2 Å². The second kappa shape index (κ2) is 5.21. The molecule has 0 N–H and O–H groups in total. The monoisotopic (exact) mass is 276 g/mol. The highest BCUT2D eigenvalue weighted by molar-refractivity contribution is 6.62. The van der Waals surface area contributed by atoms with E-state index in [0.717, 1.165) is 0 Å². The largest absolute Gasteiger partial charge is 0.563 e. The molecule has 0 bridgehead atoms. The van der Waals surface area contributed by atoms with E-state index in [0.29, 0.717) is 22.5 Å². The molecule has 0 spiro atoms. The standard InChI is InChI=1S/C14H17BO5/c1-9-14(2,3)20-15(19-9)10-6-7-12(17-4)11(8-10)13(16)18-5/h6-8H,1H2,2-5H3. The fourth-order valence-corrected chi connectivity index (χ4v) is 1.91. The lowest BCUT2D eigenvalue weighted by molar-refractivity contribution is 0.0597. The quantitative estimate of drug-likeness (QED) is 0.618. The van der Waals surface area contributed by atoms with Crippen molar-refractivity contribution in [1.82, 2.24) is 0 Å². The highest BCUT2D eigenvalue weighted by Gasteiger charge is 2.43. The molecule has 0 aliphatic carbocycles. The van der Waals surface area contributed by atoms with Gasteiger partial charge >= 0.3 is 13.1 Å². The van der Waals surface area contributed by atoms with Gasteiger partial charge in [0, 0.05) is 0 Å². The molecule has 20 heavy (non-hydrogen) atoms. The summed E-state index contributed by atoms with van der Waals surface area (Å²) in [6.45, 7) is 7.58. The van der Waals surface area contributed by atoms with Crippen LogP contribution in [0.3, 0.4) is 0 Å². The minimum Gasteiger partial charge on any atom is -0.534 e. The Kier molecular flexibility index (Phi) is 3.77. The van der Waals surface area contributed by atoms with Gasteiger partial charge in [0.15, 0.2) is 0 Å². The lowest BCUT2D eigenvalue weighted by Gasteiger charge is -2.15. The number of methoxy groups -OCH3 is 2. The molecule has 0 atom stereocenters. The number of hydrogen-bond acceptors (Lipinski definition) is 5. The lowest BCUT2D eigenvalue weighted by Crippen LogP contribution is -2.35. The molecule has 0 unspecified atom stereocenters. The molecule has 1 saturated heterocycles. The first kappa shape index (κ1) is 14.5. The lowest BCUT2D eigenvalue weighted by atomic mass is 9.78. The Morgan fingerprint density at radius 2 is 2.05 bits per heavy atom. The van der Waals surface area contributed by atoms with E-state index in [-0.39, 0.29) is 0 Å². The summed E-state index contributed by atoms with van der Waals surface area (Å²) < 4.78 is 21.3. The van der Waals surface area contributed by atoms with Crippen LogP contribution < -0.4 is 10.2 Å². The van der Waals surface area contributed by atoms with E-state index in [1.807, 2.05) is 13.8 Å². The summed E-state index contributed by atoms with van der Waals surface area (Å²) >= 11 is 0. The number of ether oxygens (including phenoxy) is 2. The normalized spacial score (nSPS) is 16.8. The van der Waals surface area contributed by atoms with Gasteiger partial charge < -0.3 is 18.8 Å². The van der Waals surface area contributed by atoms with Crippen LogP contribution >= 0.6 is 0 Å². The van der Waals surface area contributed by atoms with Crippen LogP contribution in [0.1, 0.15) is 24.2 Å². The SMILES string of the molecule is C=C1OB(c2ccc(OC)c(C(=O)OC)c2)OC1(C)C. The van der Waals surface area contributed by atoms with Crippen LogP contribution in [0.15, 0.2) is 30.5 Å². The summed E-state index contributed by atoms with van der Waals surface area (Å²) in [6, 6.07) is 5.11. The van der Waals surface area contributed by atoms with E-state index in [9.17, 15) is 4.79 Å². The maximum Gasteiger partial charge on any atom is 0.563 e. The van der Waals surface area contributed by atoms with Gasteiger partial charge in [-0.2, -0.15) is 0 Å². The van der Waals surface area contributed by atoms with Gasteiger partial charge in [-0.05, 0) is 31.4 Å². The van der Waals surface area contributed by atoms with Gasteiger partial charge in [-0.25, -0.2) is 4.79 Å². The zero-order chi connectivity index (χ0) is 14.9. The molecule has 5 nitrogen and oxygen atoms in total. The van der Waals surface area contributed by atoms with Crippen molar-refractivity contribution >= 4 is 18.6 Å². The summed E-state index contributed by atoms with van der Waals surface area (Å²) in [6.07, 6.45) is 0. The smallest absolute Gasteiger partial charge is 0.534 e. The van der Waals surface area contributed by atoms with Gasteiger partial charge in [-0.15, -0.1) is 0 Å². The van der Waals surface area contributed by atoms with Crippen molar-refractivity contribution in [2.75, 3.05) is 14.2 Å². The van der Waals surface area contributed by atoms with Crippen LogP contribution in [0, 0.1) is 0 Å². The predicted molar refractivity (Wildman–Crippen MR) is 75.1 cm³/mol. The van der Waals surface area contributed by atoms with Crippen molar-refractivity contribution in [3.8, 4) is 5.75 Å². The van der Waals surface area contributed by atoms with Gasteiger partial charge in [0.1, 0.15) is 16.9 Å². The van der Waals surface area contributed by atoms with E-state index in [2.05, 4.69) is 6.58 Å². The zero-order valence-electron chi connectivity index (χ0n) is 12.1. The van der Waals surface area contributed by atoms with Crippen LogP contribution in [0.5, 0.6) is 5.75 Å². The maximum atomic E-state index is 11.8. The molecule has 0 saturated carbocycles. The Hall–Kier alpha value is -1.95. The number of carbonyl (C=O) groups is 1. The Morgan fingerprint density at radius 1 is 1.35 bits per heavy atom. The highest BCUT2D eigenvalue weighted by Crippen LogP contribution is 2.29. The zero-order valence-corrected chi connectivity index (χ0v) is 12.1. The molecule has 0 radical (unpaired) electrons. The molecule has 1 heterocycles. The third kappa shape index (κ3) is 2.51. The van der Waals surface area contributed by atoms with E-state index in [4.69, 9.17) is 18.8 Å². The summed E-state index contributed by atoms with van der Waals surface area (Å²) in [4.78, 5) is 11.8. The minimum atomic E-state index is -0.591. The number of rotatable bonds is 3. The number of hydrogen-bond donors (Lipinski definition) is 0. The molecular formula is C14H17BO5. The molecule has 1 aromatic rings. The Labute approximate surface area is 118 Å². The number of benzene rings is 1. The fraction of sp³-hybridized carbons (Fsp3) is 0.357. The maximum absolute atomic E-state index is 11.8. The molecule has 0 amide bonds. The summed E-state index contributed by atoms with van der Waals surface area (Å²) in [5, 5.41) is 0. The Balaban J connectivity index is 2.35. The van der Waals surface area contributed by atoms with Crippen molar-refractivity contribution < 1.29 is 23.6 Å². The topological polar surface area (TPSA) is 54.0 Å². The summed E-state index contributed by atoms with van der Waals surface area (Å²) in [5.41, 5.74) is 0.476. The number of carbonyl (C=O) groups excluding carboxylic acids is 1. The summed E-state index contributed by atoms with van der Waals surface area (Å²) in [7, 11) is 2.23. The molecule has 2 rings (SSSR count). The van der Waals surface area contributed by atoms with E-state index < -0.39 is 18.7 Å². The molecule has 0 aromatic heterocycles. The van der Waals surface area contributed by atoms with Crippen LogP contribution in [-0.2, 0) is 14.0 Å². The average molecular weight is 276 g/mol. The fourth-order valence-electron chi connectivity index (χ4n) is 1.91. The van der Waals surface area contributed by atoms with Crippen LogP contribution in [0.4, 0.5) is 0 Å². The van der Waals surface area contributed by atoms with Gasteiger partial charge in [0.05, 0.1) is 20.0 Å². The second-order valence-electron chi connectivity index (χ2n) is 4.95. The first-order valence-electron chi connectivity index (χ1n) is 6.19. The van der Waals surface area contributed by atoms with Crippen LogP contribution in [-0.4, -0.2) is 32.9 Å². The predicted octanol–water partition coefficient (Wildman–Crippen LogP) is 1.52. The van der Waals surface area contributed by atoms with Gasteiger partial charge in [0.25, 0.3) is 0 Å². The van der Waals surface area contributed by atoms with Crippen molar-refractivity contribution in [2.24, 2.45) is 0 Å². The molecule has 1 fully saturated rings. The first-order chi connectivity index (χ1) is 9.39. The highest BCUT2D eigenvalue weighted by atomic mass is 16.7. The Morgan fingerprint density at radius 3 is 2.55 bits per heavy atom. The van der Waals surface area contributed by atoms with E-state index >= 15 is 0 Å².